The van der Waals surface area contributed by atoms with Crippen LogP contribution in [0.15, 0.2) is 58.0 Å². The molecule has 3 rings (SSSR count). The number of aliphatic imine (C=N–C) groups is 1. The zero-order valence-electron chi connectivity index (χ0n) is 18.2. The van der Waals surface area contributed by atoms with Crippen molar-refractivity contribution in [3.8, 4) is 5.75 Å². The fourth-order valence-electron chi connectivity index (χ4n) is 3.37. The summed E-state index contributed by atoms with van der Waals surface area (Å²) < 4.78 is 17.5. The summed E-state index contributed by atoms with van der Waals surface area (Å²) in [6, 6.07) is 15.2. The van der Waals surface area contributed by atoms with E-state index in [0.717, 1.165) is 22.0 Å². The van der Waals surface area contributed by atoms with E-state index in [4.69, 9.17) is 24.3 Å². The predicted octanol–water partition coefficient (Wildman–Crippen LogP) is 3.12. The van der Waals surface area contributed by atoms with Gasteiger partial charge in [-0.15, -0.1) is 0 Å². The molecule has 0 radical (unpaired) electrons. The van der Waals surface area contributed by atoms with E-state index in [0.29, 0.717) is 44.2 Å². The third-order valence-electron chi connectivity index (χ3n) is 5.11. The van der Waals surface area contributed by atoms with Crippen molar-refractivity contribution in [3.63, 3.8) is 0 Å². The number of hydrogen-bond acceptors (Lipinski definition) is 6. The average Bonchev–Trinajstić information content (AvgIpc) is 3.24. The molecule has 0 aliphatic carbocycles. The maximum Gasteiger partial charge on any atom is 0.251 e. The standard InChI is InChI=1S/C24H29BrN2O5/c1-30-14-4-12-26-23(29)24(16-19-6-2-3-7-21(19)25)17-32-22(27-24)18-8-10-20(11-9-18)31-15-5-13-28/h2-3,6-11,28H,4-5,12-17H2,1H3,(H,26,29)/t24-/m1/s1. The molecule has 7 nitrogen and oxygen atoms in total. The number of carbonyl (C=O) groups is 1. The summed E-state index contributed by atoms with van der Waals surface area (Å²) in [4.78, 5) is 18.0. The van der Waals surface area contributed by atoms with Gasteiger partial charge in [0.1, 0.15) is 12.4 Å². The summed E-state index contributed by atoms with van der Waals surface area (Å²) in [5, 5.41) is 11.9. The Hall–Kier alpha value is -2.42. The number of ether oxygens (including phenoxy) is 3. The van der Waals surface area contributed by atoms with E-state index in [-0.39, 0.29) is 19.1 Å². The third kappa shape index (κ3) is 6.31. The van der Waals surface area contributed by atoms with Gasteiger partial charge < -0.3 is 24.6 Å². The Morgan fingerprint density at radius 3 is 2.69 bits per heavy atom. The molecule has 1 heterocycles. The van der Waals surface area contributed by atoms with Crippen LogP contribution in [0, 0.1) is 0 Å². The number of aliphatic hydroxyl groups is 1. The van der Waals surface area contributed by atoms with Gasteiger partial charge in [0.05, 0.1) is 6.61 Å². The van der Waals surface area contributed by atoms with Gasteiger partial charge in [-0.1, -0.05) is 34.1 Å². The molecule has 0 aromatic heterocycles. The molecular formula is C24H29BrN2O5. The largest absolute Gasteiger partial charge is 0.494 e. The van der Waals surface area contributed by atoms with Crippen molar-refractivity contribution in [2.45, 2.75) is 24.8 Å². The van der Waals surface area contributed by atoms with Gasteiger partial charge in [-0.2, -0.15) is 0 Å². The highest BCUT2D eigenvalue weighted by Crippen LogP contribution is 2.30. The number of amides is 1. The van der Waals surface area contributed by atoms with Crippen LogP contribution >= 0.6 is 15.9 Å². The van der Waals surface area contributed by atoms with E-state index in [1.807, 2.05) is 48.5 Å². The molecule has 0 saturated carbocycles. The van der Waals surface area contributed by atoms with Gasteiger partial charge in [0.15, 0.2) is 5.54 Å². The molecule has 0 saturated heterocycles. The second-order valence-electron chi connectivity index (χ2n) is 7.56. The molecule has 172 valence electrons. The first kappa shape index (κ1) is 24.2. The third-order valence-corrected chi connectivity index (χ3v) is 5.88. The average molecular weight is 505 g/mol. The molecule has 0 fully saturated rings. The first-order valence-electron chi connectivity index (χ1n) is 10.7. The molecule has 1 amide bonds. The van der Waals surface area contributed by atoms with E-state index >= 15 is 0 Å². The molecule has 2 N–H and O–H groups in total. The van der Waals surface area contributed by atoms with Crippen LogP contribution in [-0.2, 0) is 20.7 Å². The Bertz CT molecular complexity index is 919. The zero-order valence-corrected chi connectivity index (χ0v) is 19.8. The van der Waals surface area contributed by atoms with E-state index in [9.17, 15) is 4.79 Å². The second-order valence-corrected chi connectivity index (χ2v) is 8.41. The van der Waals surface area contributed by atoms with Crippen LogP contribution in [0.2, 0.25) is 0 Å². The van der Waals surface area contributed by atoms with Crippen molar-refractivity contribution in [2.75, 3.05) is 40.1 Å². The van der Waals surface area contributed by atoms with Crippen molar-refractivity contribution in [2.24, 2.45) is 4.99 Å². The Kier molecular flexibility index (Phi) is 9.08. The van der Waals surface area contributed by atoms with Crippen LogP contribution in [-0.4, -0.2) is 62.5 Å². The Balaban J connectivity index is 1.80. The van der Waals surface area contributed by atoms with Crippen LogP contribution in [0.3, 0.4) is 0 Å². The number of rotatable bonds is 12. The highest BCUT2D eigenvalue weighted by Gasteiger charge is 2.44. The molecule has 0 unspecified atom stereocenters. The summed E-state index contributed by atoms with van der Waals surface area (Å²) in [6.07, 6.45) is 1.72. The van der Waals surface area contributed by atoms with Crippen molar-refractivity contribution in [3.05, 3.63) is 64.1 Å². The second kappa shape index (κ2) is 12.0. The van der Waals surface area contributed by atoms with Crippen LogP contribution in [0.4, 0.5) is 0 Å². The molecule has 2 aromatic rings. The first-order valence-corrected chi connectivity index (χ1v) is 11.4. The summed E-state index contributed by atoms with van der Waals surface area (Å²) in [6.45, 7) is 1.79. The van der Waals surface area contributed by atoms with Crippen molar-refractivity contribution < 1.29 is 24.1 Å². The number of aliphatic hydroxyl groups excluding tert-OH is 1. The fraction of sp³-hybridized carbons (Fsp3) is 0.417. The molecule has 0 spiro atoms. The monoisotopic (exact) mass is 504 g/mol. The number of halogens is 1. The minimum absolute atomic E-state index is 0.0931. The lowest BCUT2D eigenvalue weighted by atomic mass is 9.91. The van der Waals surface area contributed by atoms with Gasteiger partial charge in [0.2, 0.25) is 5.90 Å². The highest BCUT2D eigenvalue weighted by atomic mass is 79.9. The van der Waals surface area contributed by atoms with Gasteiger partial charge in [0.25, 0.3) is 5.91 Å². The molecule has 32 heavy (non-hydrogen) atoms. The van der Waals surface area contributed by atoms with Crippen LogP contribution in [0.25, 0.3) is 0 Å². The minimum Gasteiger partial charge on any atom is -0.494 e. The highest BCUT2D eigenvalue weighted by molar-refractivity contribution is 9.10. The predicted molar refractivity (Wildman–Crippen MR) is 126 cm³/mol. The molecular weight excluding hydrogens is 476 g/mol. The van der Waals surface area contributed by atoms with Crippen molar-refractivity contribution in [1.82, 2.24) is 5.32 Å². The number of methoxy groups -OCH3 is 1. The molecule has 0 bridgehead atoms. The van der Waals surface area contributed by atoms with E-state index in [1.54, 1.807) is 7.11 Å². The fourth-order valence-corrected chi connectivity index (χ4v) is 3.79. The molecule has 1 aliphatic rings. The quantitative estimate of drug-likeness (QED) is 0.433. The lowest BCUT2D eigenvalue weighted by Gasteiger charge is -2.23. The van der Waals surface area contributed by atoms with Gasteiger partial charge in [-0.3, -0.25) is 4.79 Å². The van der Waals surface area contributed by atoms with E-state index in [2.05, 4.69) is 21.2 Å². The molecule has 1 aliphatic heterocycles. The maximum atomic E-state index is 13.2. The van der Waals surface area contributed by atoms with Crippen LogP contribution < -0.4 is 10.1 Å². The number of nitrogens with one attached hydrogen (secondary N) is 1. The zero-order chi connectivity index (χ0) is 22.8. The Labute approximate surface area is 196 Å². The normalized spacial score (nSPS) is 17.5. The number of hydrogen-bond donors (Lipinski definition) is 2. The Morgan fingerprint density at radius 1 is 1.19 bits per heavy atom. The smallest absolute Gasteiger partial charge is 0.251 e. The van der Waals surface area contributed by atoms with Crippen LogP contribution in [0.1, 0.15) is 24.0 Å². The molecule has 2 aromatic carbocycles. The molecule has 8 heteroatoms. The first-order chi connectivity index (χ1) is 15.6. The minimum atomic E-state index is -1.05. The lowest BCUT2D eigenvalue weighted by molar-refractivity contribution is -0.126. The summed E-state index contributed by atoms with van der Waals surface area (Å²) in [5.74, 6) is 0.977. The summed E-state index contributed by atoms with van der Waals surface area (Å²) in [7, 11) is 1.64. The van der Waals surface area contributed by atoms with E-state index in [1.165, 1.54) is 0 Å². The van der Waals surface area contributed by atoms with E-state index < -0.39 is 5.54 Å². The van der Waals surface area contributed by atoms with Gasteiger partial charge in [-0.25, -0.2) is 4.99 Å². The van der Waals surface area contributed by atoms with Gasteiger partial charge >= 0.3 is 0 Å². The maximum absolute atomic E-state index is 13.2. The SMILES string of the molecule is COCCCNC(=O)[C@@]1(Cc2ccccc2Br)COC(c2ccc(OCCCO)cc2)=N1. The number of nitrogens with zero attached hydrogens (tertiary/aromatic N) is 1. The topological polar surface area (TPSA) is 89.4 Å². The number of benzene rings is 2. The number of carbonyl (C=O) groups excluding carboxylic acids is 1. The molecule has 1 atom stereocenters. The van der Waals surface area contributed by atoms with Gasteiger partial charge in [-0.05, 0) is 42.3 Å². The summed E-state index contributed by atoms with van der Waals surface area (Å²) >= 11 is 3.58. The van der Waals surface area contributed by atoms with Crippen molar-refractivity contribution >= 4 is 27.7 Å². The summed E-state index contributed by atoms with van der Waals surface area (Å²) in [5.41, 5.74) is 0.712. The van der Waals surface area contributed by atoms with Crippen LogP contribution in [0.5, 0.6) is 5.75 Å². The Morgan fingerprint density at radius 2 is 1.97 bits per heavy atom. The van der Waals surface area contributed by atoms with Gasteiger partial charge in [0, 0.05) is 49.7 Å². The lowest BCUT2D eigenvalue weighted by Crippen LogP contribution is -2.48. The van der Waals surface area contributed by atoms with Crippen molar-refractivity contribution in [1.29, 1.82) is 0 Å².